The van der Waals surface area contributed by atoms with Crippen molar-refractivity contribution in [3.05, 3.63) is 18.0 Å². The Balaban J connectivity index is 2.93. The van der Waals surface area contributed by atoms with E-state index in [-0.39, 0.29) is 5.56 Å². The van der Waals surface area contributed by atoms with Crippen molar-refractivity contribution in [3.8, 4) is 0 Å². The maximum absolute atomic E-state index is 9.85. The van der Waals surface area contributed by atoms with Crippen molar-refractivity contribution < 1.29 is 14.4 Å². The number of carboxylic acids is 1. The summed E-state index contributed by atoms with van der Waals surface area (Å²) in [5.41, 5.74) is -0.0370. The molecule has 0 radical (unpaired) electrons. The van der Waals surface area contributed by atoms with E-state index >= 15 is 0 Å². The molecule has 8 heavy (non-hydrogen) atoms. The molecular weight excluding hydrogens is 110 g/mol. The molecule has 0 fully saturated rings. The second-order valence-corrected chi connectivity index (χ2v) is 1.20. The van der Waals surface area contributed by atoms with Gasteiger partial charge in [0.2, 0.25) is 0 Å². The van der Waals surface area contributed by atoms with Crippen molar-refractivity contribution in [1.29, 1.82) is 0 Å². The van der Waals surface area contributed by atoms with E-state index in [1.807, 2.05) is 0 Å². The van der Waals surface area contributed by atoms with Gasteiger partial charge in [-0.1, -0.05) is 5.16 Å². The largest absolute Gasteiger partial charge is 0.545 e. The molecule has 1 aromatic heterocycles. The van der Waals surface area contributed by atoms with Crippen molar-refractivity contribution in [1.82, 2.24) is 5.16 Å². The Morgan fingerprint density at radius 2 is 2.62 bits per heavy atom. The van der Waals surface area contributed by atoms with E-state index in [4.69, 9.17) is 0 Å². The van der Waals surface area contributed by atoms with Crippen LogP contribution >= 0.6 is 0 Å². The quantitative estimate of drug-likeness (QED) is 0.469. The molecule has 1 aromatic rings. The second kappa shape index (κ2) is 1.65. The fraction of sp³-hybridized carbons (Fsp3) is 0. The van der Waals surface area contributed by atoms with Gasteiger partial charge in [0.25, 0.3) is 0 Å². The summed E-state index contributed by atoms with van der Waals surface area (Å²) in [7, 11) is 0. The van der Waals surface area contributed by atoms with E-state index in [1.165, 1.54) is 0 Å². The predicted molar refractivity (Wildman–Crippen MR) is 20.8 cm³/mol. The summed E-state index contributed by atoms with van der Waals surface area (Å²) in [5.74, 6) is -1.27. The minimum Gasteiger partial charge on any atom is -0.545 e. The van der Waals surface area contributed by atoms with Crippen LogP contribution in [0.4, 0.5) is 0 Å². The van der Waals surface area contributed by atoms with Crippen molar-refractivity contribution in [2.45, 2.75) is 0 Å². The lowest BCUT2D eigenvalue weighted by Gasteiger charge is -1.89. The van der Waals surface area contributed by atoms with Crippen LogP contribution < -0.4 is 5.11 Å². The third kappa shape index (κ3) is 0.676. The topological polar surface area (TPSA) is 66.2 Å². The molecule has 0 saturated heterocycles. The van der Waals surface area contributed by atoms with E-state index in [9.17, 15) is 9.90 Å². The maximum atomic E-state index is 9.85. The third-order valence-corrected chi connectivity index (χ3v) is 0.668. The number of hydrogen-bond donors (Lipinski definition) is 0. The summed E-state index contributed by atoms with van der Waals surface area (Å²) >= 11 is 0. The first kappa shape index (κ1) is 4.83. The first-order valence-corrected chi connectivity index (χ1v) is 1.91. The lowest BCUT2D eigenvalue weighted by atomic mass is 10.4. The summed E-state index contributed by atoms with van der Waals surface area (Å²) in [6, 6.07) is 0. The van der Waals surface area contributed by atoms with Crippen LogP contribution in [0.15, 0.2) is 17.0 Å². The summed E-state index contributed by atoms with van der Waals surface area (Å²) < 4.78 is 4.20. The van der Waals surface area contributed by atoms with Crippen LogP contribution in [0.5, 0.6) is 0 Å². The van der Waals surface area contributed by atoms with Gasteiger partial charge in [0.05, 0.1) is 17.7 Å². The van der Waals surface area contributed by atoms with Gasteiger partial charge in [-0.25, -0.2) is 0 Å². The van der Waals surface area contributed by atoms with Gasteiger partial charge >= 0.3 is 0 Å². The van der Waals surface area contributed by atoms with E-state index in [0.29, 0.717) is 0 Å². The minimum absolute atomic E-state index is 0.0370. The first-order valence-electron chi connectivity index (χ1n) is 1.91. The van der Waals surface area contributed by atoms with Crippen LogP contribution in [-0.2, 0) is 0 Å². The molecule has 0 aliphatic carbocycles. The maximum Gasteiger partial charge on any atom is 0.132 e. The Hall–Kier alpha value is -1.32. The highest BCUT2D eigenvalue weighted by molar-refractivity contribution is 5.84. The summed E-state index contributed by atoms with van der Waals surface area (Å²) in [6.07, 6.45) is 2.09. The highest BCUT2D eigenvalue weighted by atomic mass is 16.5. The molecular formula is C4H2NO3-. The molecule has 0 spiro atoms. The smallest absolute Gasteiger partial charge is 0.132 e. The van der Waals surface area contributed by atoms with E-state index in [0.717, 1.165) is 12.5 Å². The van der Waals surface area contributed by atoms with Crippen LogP contribution in [0.2, 0.25) is 0 Å². The Morgan fingerprint density at radius 1 is 1.88 bits per heavy atom. The molecule has 42 valence electrons. The lowest BCUT2D eigenvalue weighted by Crippen LogP contribution is -2.21. The number of carboxylic acid groups (broad SMARTS) is 1. The van der Waals surface area contributed by atoms with Crippen molar-refractivity contribution in [2.24, 2.45) is 0 Å². The van der Waals surface area contributed by atoms with Crippen LogP contribution in [0.25, 0.3) is 0 Å². The van der Waals surface area contributed by atoms with Gasteiger partial charge in [0.15, 0.2) is 0 Å². The summed E-state index contributed by atoms with van der Waals surface area (Å²) in [4.78, 5) is 9.85. The molecule has 4 heteroatoms. The molecule has 0 saturated carbocycles. The van der Waals surface area contributed by atoms with Gasteiger partial charge in [-0.05, 0) is 0 Å². The number of aromatic nitrogens is 1. The predicted octanol–water partition coefficient (Wildman–Crippen LogP) is -0.962. The molecule has 0 atom stereocenters. The fourth-order valence-corrected chi connectivity index (χ4v) is 0.306. The van der Waals surface area contributed by atoms with Crippen molar-refractivity contribution in [3.63, 3.8) is 0 Å². The average Bonchev–Trinajstić information content (AvgIpc) is 2.12. The van der Waals surface area contributed by atoms with E-state index in [2.05, 4.69) is 9.68 Å². The molecule has 4 nitrogen and oxygen atoms in total. The van der Waals surface area contributed by atoms with E-state index in [1.54, 1.807) is 0 Å². The highest BCUT2D eigenvalue weighted by Crippen LogP contribution is 1.91. The van der Waals surface area contributed by atoms with Crippen LogP contribution in [-0.4, -0.2) is 11.1 Å². The molecule has 0 N–H and O–H groups in total. The summed E-state index contributed by atoms with van der Waals surface area (Å²) in [5, 5.41) is 13.0. The van der Waals surface area contributed by atoms with Gasteiger partial charge in [0, 0.05) is 0 Å². The normalized spacial score (nSPS) is 9.00. The second-order valence-electron chi connectivity index (χ2n) is 1.20. The van der Waals surface area contributed by atoms with Crippen LogP contribution in [0.1, 0.15) is 10.4 Å². The monoisotopic (exact) mass is 112 g/mol. The fourth-order valence-electron chi connectivity index (χ4n) is 0.306. The van der Waals surface area contributed by atoms with Gasteiger partial charge in [-0.3, -0.25) is 0 Å². The van der Waals surface area contributed by atoms with Gasteiger partial charge < -0.3 is 14.4 Å². The number of aromatic carboxylic acids is 1. The Bertz CT molecular complexity index is 179. The van der Waals surface area contributed by atoms with Crippen molar-refractivity contribution >= 4 is 5.97 Å². The van der Waals surface area contributed by atoms with Gasteiger partial charge in [-0.15, -0.1) is 0 Å². The zero-order valence-electron chi connectivity index (χ0n) is 3.83. The molecule has 1 rings (SSSR count). The molecule has 0 aliphatic rings. The number of carbonyl (C=O) groups excluding carboxylic acids is 1. The number of nitrogens with zero attached hydrogens (tertiary/aromatic N) is 1. The van der Waals surface area contributed by atoms with Crippen LogP contribution in [0, 0.1) is 0 Å². The van der Waals surface area contributed by atoms with Gasteiger partial charge in [-0.2, -0.15) is 0 Å². The van der Waals surface area contributed by atoms with Gasteiger partial charge in [0.1, 0.15) is 6.26 Å². The molecule has 0 aromatic carbocycles. The number of carbonyl (C=O) groups is 1. The summed E-state index contributed by atoms with van der Waals surface area (Å²) in [6.45, 7) is 0. The highest BCUT2D eigenvalue weighted by Gasteiger charge is 1.91. The Kier molecular flexibility index (Phi) is 0.997. The molecule has 0 amide bonds. The SMILES string of the molecule is O=C([O-])c1cnoc1. The zero-order chi connectivity index (χ0) is 5.98. The number of hydrogen-bond acceptors (Lipinski definition) is 4. The molecule has 1 heterocycles. The standard InChI is InChI=1S/C4H3NO3/c6-4(7)3-1-5-8-2-3/h1-2H,(H,6,7)/p-1. The van der Waals surface area contributed by atoms with Crippen molar-refractivity contribution in [2.75, 3.05) is 0 Å². The zero-order valence-corrected chi connectivity index (χ0v) is 3.83. The third-order valence-electron chi connectivity index (χ3n) is 0.668. The lowest BCUT2D eigenvalue weighted by molar-refractivity contribution is -0.255. The van der Waals surface area contributed by atoms with Crippen LogP contribution in [0.3, 0.4) is 0 Å². The first-order chi connectivity index (χ1) is 3.80. The molecule has 0 aliphatic heterocycles. The number of rotatable bonds is 1. The Morgan fingerprint density at radius 3 is 2.88 bits per heavy atom. The Labute approximate surface area is 44.7 Å². The minimum atomic E-state index is -1.27. The van der Waals surface area contributed by atoms with E-state index < -0.39 is 5.97 Å². The molecule has 0 bridgehead atoms. The molecule has 0 unspecified atom stereocenters. The average molecular weight is 112 g/mol.